The maximum Gasteiger partial charge on any atom is 0.238 e. The van der Waals surface area contributed by atoms with Crippen molar-refractivity contribution in [1.82, 2.24) is 20.0 Å². The summed E-state index contributed by atoms with van der Waals surface area (Å²) in [5.74, 6) is -0.564. The van der Waals surface area contributed by atoms with Gasteiger partial charge in [0.25, 0.3) is 0 Å². The Kier molecular flexibility index (Phi) is 8.62. The Bertz CT molecular complexity index is 1380. The number of carbonyl (C=O) groups excluding carboxylic acids is 1. The summed E-state index contributed by atoms with van der Waals surface area (Å²) >= 11 is 0. The summed E-state index contributed by atoms with van der Waals surface area (Å²) in [6, 6.07) is 23.4. The lowest BCUT2D eigenvalue weighted by Crippen LogP contribution is -2.52. The number of hydrogen-bond acceptors (Lipinski definition) is 6. The fourth-order valence-corrected chi connectivity index (χ4v) is 5.19. The van der Waals surface area contributed by atoms with Crippen LogP contribution in [0, 0.1) is 0 Å². The lowest BCUT2D eigenvalue weighted by atomic mass is 9.78. The summed E-state index contributed by atoms with van der Waals surface area (Å²) in [5.41, 5.74) is 0.715. The molecule has 0 bridgehead atoms. The van der Waals surface area contributed by atoms with Gasteiger partial charge in [0.1, 0.15) is 11.6 Å². The predicted octanol–water partition coefficient (Wildman–Crippen LogP) is 3.12. The summed E-state index contributed by atoms with van der Waals surface area (Å²) in [4.78, 5) is 22.1. The molecule has 2 atom stereocenters. The zero-order valence-corrected chi connectivity index (χ0v) is 21.8. The molecular formula is C29H30N4O4S. The Hall–Kier alpha value is -3.92. The normalized spacial score (nSPS) is 13.4. The number of aryl methyl sites for hydroxylation is 1. The number of aliphatic hydroxyl groups is 1. The van der Waals surface area contributed by atoms with Crippen LogP contribution in [0.2, 0.25) is 0 Å². The van der Waals surface area contributed by atoms with Gasteiger partial charge in [0.15, 0.2) is 0 Å². The molecule has 8 nitrogen and oxygen atoms in total. The topological polar surface area (TPSA) is 121 Å². The van der Waals surface area contributed by atoms with E-state index in [2.05, 4.69) is 20.0 Å². The molecule has 38 heavy (non-hydrogen) atoms. The summed E-state index contributed by atoms with van der Waals surface area (Å²) in [5, 5.41) is 15.4. The highest BCUT2D eigenvalue weighted by molar-refractivity contribution is 7.88. The number of aromatic nitrogens is 2. The van der Waals surface area contributed by atoms with E-state index < -0.39 is 33.6 Å². The molecule has 2 aromatic heterocycles. The van der Waals surface area contributed by atoms with Crippen molar-refractivity contribution in [3.8, 4) is 0 Å². The molecule has 0 radical (unpaired) electrons. The molecule has 0 aliphatic rings. The third-order valence-corrected chi connectivity index (χ3v) is 6.99. The van der Waals surface area contributed by atoms with Crippen molar-refractivity contribution in [2.24, 2.45) is 0 Å². The molecular weight excluding hydrogens is 500 g/mol. The molecule has 196 valence electrons. The Morgan fingerprint density at radius 3 is 1.92 bits per heavy atom. The lowest BCUT2D eigenvalue weighted by molar-refractivity contribution is -0.125. The molecule has 3 N–H and O–H groups in total. The van der Waals surface area contributed by atoms with Crippen LogP contribution in [0.15, 0.2) is 110 Å². The number of sulfonamides is 1. The van der Waals surface area contributed by atoms with Crippen LogP contribution < -0.4 is 10.0 Å². The van der Waals surface area contributed by atoms with Crippen molar-refractivity contribution in [1.29, 1.82) is 0 Å². The first-order valence-electron chi connectivity index (χ1n) is 12.2. The monoisotopic (exact) mass is 530 g/mol. The van der Waals surface area contributed by atoms with Crippen molar-refractivity contribution in [3.05, 3.63) is 132 Å². The van der Waals surface area contributed by atoms with Gasteiger partial charge in [-0.3, -0.25) is 14.8 Å². The number of nitrogens with zero attached hydrogens (tertiary/aromatic N) is 2. The highest BCUT2D eigenvalue weighted by Gasteiger charge is 2.43. The smallest absolute Gasteiger partial charge is 0.238 e. The first kappa shape index (κ1) is 27.1. The molecule has 0 spiro atoms. The highest BCUT2D eigenvalue weighted by atomic mass is 32.2. The second-order valence-electron chi connectivity index (χ2n) is 9.07. The maximum absolute atomic E-state index is 13.8. The minimum Gasteiger partial charge on any atom is -0.378 e. The Morgan fingerprint density at radius 1 is 0.868 bits per heavy atom. The van der Waals surface area contributed by atoms with Crippen LogP contribution in [0.4, 0.5) is 0 Å². The molecule has 1 unspecified atom stereocenters. The Morgan fingerprint density at radius 2 is 1.42 bits per heavy atom. The van der Waals surface area contributed by atoms with Gasteiger partial charge in [-0.25, -0.2) is 13.1 Å². The number of carbonyl (C=O) groups is 1. The van der Waals surface area contributed by atoms with E-state index in [1.807, 2.05) is 48.5 Å². The van der Waals surface area contributed by atoms with E-state index in [1.54, 1.807) is 48.8 Å². The summed E-state index contributed by atoms with van der Waals surface area (Å²) in [6.07, 6.45) is 7.99. The lowest BCUT2D eigenvalue weighted by Gasteiger charge is -2.38. The number of benzene rings is 2. The summed E-state index contributed by atoms with van der Waals surface area (Å²) in [7, 11) is -3.71. The number of rotatable bonds is 11. The highest BCUT2D eigenvalue weighted by Crippen LogP contribution is 2.40. The summed E-state index contributed by atoms with van der Waals surface area (Å²) < 4.78 is 26.9. The molecule has 4 rings (SSSR count). The molecule has 0 saturated carbocycles. The van der Waals surface area contributed by atoms with Gasteiger partial charge in [-0.15, -0.1) is 0 Å². The van der Waals surface area contributed by atoms with Crippen LogP contribution in [0.1, 0.15) is 34.7 Å². The molecule has 4 aromatic rings. The van der Waals surface area contributed by atoms with Crippen molar-refractivity contribution >= 4 is 15.9 Å². The van der Waals surface area contributed by atoms with Gasteiger partial charge in [0.05, 0.1) is 12.3 Å². The van der Waals surface area contributed by atoms with E-state index in [0.717, 1.165) is 11.8 Å². The predicted molar refractivity (Wildman–Crippen MR) is 145 cm³/mol. The molecule has 0 fully saturated rings. The van der Waals surface area contributed by atoms with Crippen molar-refractivity contribution in [2.45, 2.75) is 30.5 Å². The van der Waals surface area contributed by atoms with Crippen LogP contribution in [0.25, 0.3) is 0 Å². The second kappa shape index (κ2) is 12.1. The molecule has 9 heteroatoms. The Labute approximate surface area is 222 Å². The van der Waals surface area contributed by atoms with Crippen LogP contribution in [-0.2, 0) is 26.8 Å². The number of pyridine rings is 2. The van der Waals surface area contributed by atoms with Crippen molar-refractivity contribution in [2.75, 3.05) is 6.26 Å². The van der Waals surface area contributed by atoms with Gasteiger partial charge in [-0.1, -0.05) is 72.8 Å². The molecule has 1 amide bonds. The van der Waals surface area contributed by atoms with Gasteiger partial charge < -0.3 is 10.4 Å². The van der Waals surface area contributed by atoms with E-state index in [1.165, 1.54) is 12.4 Å². The van der Waals surface area contributed by atoms with Crippen LogP contribution in [0.3, 0.4) is 0 Å². The molecule has 2 heterocycles. The van der Waals surface area contributed by atoms with Gasteiger partial charge in [-0.05, 0) is 36.1 Å². The average molecular weight is 531 g/mol. The molecule has 2 aromatic carbocycles. The van der Waals surface area contributed by atoms with Gasteiger partial charge >= 0.3 is 0 Å². The quantitative estimate of drug-likeness (QED) is 0.274. The van der Waals surface area contributed by atoms with Crippen molar-refractivity contribution in [3.63, 3.8) is 0 Å². The molecule has 0 aliphatic heterocycles. The zero-order chi connectivity index (χ0) is 27.0. The zero-order valence-electron chi connectivity index (χ0n) is 20.9. The van der Waals surface area contributed by atoms with Crippen LogP contribution >= 0.6 is 0 Å². The standard InChI is InChI=1S/C29H30N4O4S/c1-38(36,37)33-26(17-16-22-10-4-2-5-11-22)28(34)32-27(23-12-6-3-7-13-23)29(35,24-14-8-18-30-20-24)25-15-9-19-31-21-25/h2-15,18-21,26-27,33,35H,16-17H2,1H3,(H,32,34)/t26-,27?/m0/s1. The van der Waals surface area contributed by atoms with Gasteiger partial charge in [-0.2, -0.15) is 0 Å². The number of amides is 1. The fourth-order valence-electron chi connectivity index (χ4n) is 4.45. The SMILES string of the molecule is CS(=O)(=O)N[C@@H](CCc1ccccc1)C(=O)NC(c1ccccc1)C(O)(c1cccnc1)c1cccnc1. The maximum atomic E-state index is 13.8. The fraction of sp³-hybridized carbons (Fsp3) is 0.207. The van der Waals surface area contributed by atoms with Crippen molar-refractivity contribution < 1.29 is 18.3 Å². The first-order valence-corrected chi connectivity index (χ1v) is 14.1. The molecule has 0 saturated heterocycles. The van der Waals surface area contributed by atoms with Gasteiger partial charge in [0.2, 0.25) is 15.9 Å². The van der Waals surface area contributed by atoms with Crippen LogP contribution in [0.5, 0.6) is 0 Å². The van der Waals surface area contributed by atoms with Crippen LogP contribution in [-0.4, -0.2) is 41.7 Å². The van der Waals surface area contributed by atoms with E-state index in [9.17, 15) is 18.3 Å². The Balaban J connectivity index is 1.75. The number of hydrogen-bond donors (Lipinski definition) is 3. The number of nitrogens with one attached hydrogen (secondary N) is 2. The van der Waals surface area contributed by atoms with Gasteiger partial charge in [0, 0.05) is 35.9 Å². The third-order valence-electron chi connectivity index (χ3n) is 6.28. The first-order chi connectivity index (χ1) is 18.3. The van der Waals surface area contributed by atoms with E-state index in [4.69, 9.17) is 0 Å². The largest absolute Gasteiger partial charge is 0.378 e. The second-order valence-corrected chi connectivity index (χ2v) is 10.8. The third kappa shape index (κ3) is 6.69. The van der Waals surface area contributed by atoms with E-state index in [0.29, 0.717) is 23.1 Å². The average Bonchev–Trinajstić information content (AvgIpc) is 2.95. The minimum atomic E-state index is -3.71. The van der Waals surface area contributed by atoms with E-state index >= 15 is 0 Å². The minimum absolute atomic E-state index is 0.225. The summed E-state index contributed by atoms with van der Waals surface area (Å²) in [6.45, 7) is 0. The molecule has 0 aliphatic carbocycles. The van der Waals surface area contributed by atoms with E-state index in [-0.39, 0.29) is 6.42 Å².